The number of hydrogen-bond acceptors (Lipinski definition) is 4. The van der Waals surface area contributed by atoms with Crippen molar-refractivity contribution in [2.75, 3.05) is 14.1 Å². The molecule has 0 radical (unpaired) electrons. The average Bonchev–Trinajstić information content (AvgIpc) is 2.82. The van der Waals surface area contributed by atoms with Gasteiger partial charge in [-0.15, -0.1) is 0 Å². The zero-order chi connectivity index (χ0) is 28.3. The molecule has 5 aliphatic carbocycles. The summed E-state index contributed by atoms with van der Waals surface area (Å²) < 4.78 is 0. The van der Waals surface area contributed by atoms with E-state index in [0.29, 0.717) is 6.42 Å². The number of hydrogen-bond donors (Lipinski definition) is 0. The van der Waals surface area contributed by atoms with Gasteiger partial charge in [-0.05, 0) is 84.0 Å². The Kier molecular flexibility index (Phi) is 5.84. The molecular weight excluding hydrogens is 472 g/mol. The van der Waals surface area contributed by atoms with Crippen LogP contribution < -0.4 is 0 Å². The molecule has 0 saturated heterocycles. The van der Waals surface area contributed by atoms with Crippen LogP contribution in [0.4, 0.5) is 0 Å². The van der Waals surface area contributed by atoms with Crippen LogP contribution in [-0.2, 0) is 14.4 Å². The lowest BCUT2D eigenvalue weighted by Gasteiger charge is -2.72. The first kappa shape index (κ1) is 27.6. The molecule has 0 aromatic carbocycles. The molecule has 0 aromatic rings. The van der Waals surface area contributed by atoms with Crippen molar-refractivity contribution in [3.8, 4) is 6.07 Å². The molecule has 9 unspecified atom stereocenters. The molecule has 208 valence electrons. The fraction of sp³-hybridized carbons (Fsp3) is 0.818. The molecule has 4 saturated carbocycles. The smallest absolute Gasteiger partial charge is 0.228 e. The van der Waals surface area contributed by atoms with Gasteiger partial charge in [-0.2, -0.15) is 5.26 Å². The van der Waals surface area contributed by atoms with Crippen LogP contribution in [0.25, 0.3) is 0 Å². The SMILES string of the molecule is CN(C)C(=O)C12CCC(C)(C)C(C#N)C1C1C(=O)CC3C4(C)C=CC(=O)C(C)(C)C4CCC3(C)C1(C)CC2. The van der Waals surface area contributed by atoms with E-state index < -0.39 is 10.8 Å². The Bertz CT molecular complexity index is 1160. The summed E-state index contributed by atoms with van der Waals surface area (Å²) in [5, 5.41) is 10.6. The van der Waals surface area contributed by atoms with Crippen LogP contribution in [0, 0.1) is 73.4 Å². The molecular formula is C33H48N2O3. The van der Waals surface area contributed by atoms with E-state index in [1.165, 1.54) is 0 Å². The molecule has 5 aliphatic rings. The third-order valence-electron chi connectivity index (χ3n) is 13.5. The van der Waals surface area contributed by atoms with Gasteiger partial charge in [0, 0.05) is 31.8 Å². The summed E-state index contributed by atoms with van der Waals surface area (Å²) in [7, 11) is 3.65. The largest absolute Gasteiger partial charge is 0.348 e. The minimum atomic E-state index is -0.650. The Hall–Kier alpha value is -1.96. The Balaban J connectivity index is 1.67. The predicted octanol–water partition coefficient (Wildman–Crippen LogP) is 6.23. The standard InChI is InChI=1S/C33H48N2O3/c1-28(2)14-16-33(27(38)35(8)9)17-15-32(7)26(25(33)20(28)19-34)21(36)18-23-30(5)12-11-24(37)29(3,4)22(30)10-13-31(23,32)6/h11-12,20,22-23,25-26H,10,13-18H2,1-9H3. The summed E-state index contributed by atoms with van der Waals surface area (Å²) in [6, 6.07) is 2.66. The third-order valence-corrected chi connectivity index (χ3v) is 13.5. The molecule has 0 bridgehead atoms. The van der Waals surface area contributed by atoms with Crippen molar-refractivity contribution in [1.82, 2.24) is 4.90 Å². The van der Waals surface area contributed by atoms with Gasteiger partial charge in [0.15, 0.2) is 5.78 Å². The lowest BCUT2D eigenvalue weighted by Crippen LogP contribution is -2.70. The van der Waals surface area contributed by atoms with Crippen molar-refractivity contribution in [1.29, 1.82) is 5.26 Å². The van der Waals surface area contributed by atoms with E-state index in [9.17, 15) is 19.6 Å². The summed E-state index contributed by atoms with van der Waals surface area (Å²) in [6.07, 6.45) is 9.49. The molecule has 9 atom stereocenters. The predicted molar refractivity (Wildman–Crippen MR) is 148 cm³/mol. The lowest BCUT2D eigenvalue weighted by molar-refractivity contribution is -0.228. The Labute approximate surface area is 229 Å². The van der Waals surface area contributed by atoms with E-state index in [0.717, 1.165) is 38.5 Å². The van der Waals surface area contributed by atoms with E-state index in [1.54, 1.807) is 11.0 Å². The topological polar surface area (TPSA) is 78.2 Å². The van der Waals surface area contributed by atoms with E-state index in [1.807, 2.05) is 14.1 Å². The highest BCUT2D eigenvalue weighted by Crippen LogP contribution is 2.76. The van der Waals surface area contributed by atoms with Crippen LogP contribution in [0.3, 0.4) is 0 Å². The summed E-state index contributed by atoms with van der Waals surface area (Å²) in [5.41, 5.74) is -1.99. The van der Waals surface area contributed by atoms with Crippen LogP contribution in [-0.4, -0.2) is 36.5 Å². The average molecular weight is 521 g/mol. The highest BCUT2D eigenvalue weighted by molar-refractivity contribution is 5.96. The number of allylic oxidation sites excluding steroid dienone is 2. The van der Waals surface area contributed by atoms with Crippen LogP contribution in [0.5, 0.6) is 0 Å². The van der Waals surface area contributed by atoms with Crippen molar-refractivity contribution in [3.05, 3.63) is 12.2 Å². The normalized spacial score (nSPS) is 48.6. The van der Waals surface area contributed by atoms with Gasteiger partial charge in [-0.3, -0.25) is 14.4 Å². The van der Waals surface area contributed by atoms with Gasteiger partial charge < -0.3 is 4.90 Å². The maximum atomic E-state index is 14.6. The molecule has 0 aliphatic heterocycles. The number of Topliss-reactive ketones (excluding diaryl/α,β-unsaturated/α-hetero) is 1. The molecule has 5 rings (SSSR count). The second-order valence-electron chi connectivity index (χ2n) is 15.9. The van der Waals surface area contributed by atoms with Crippen LogP contribution in [0.15, 0.2) is 12.2 Å². The molecule has 5 nitrogen and oxygen atoms in total. The number of rotatable bonds is 1. The van der Waals surface area contributed by atoms with E-state index >= 15 is 0 Å². The van der Waals surface area contributed by atoms with Crippen molar-refractivity contribution in [3.63, 3.8) is 0 Å². The van der Waals surface area contributed by atoms with Gasteiger partial charge in [0.1, 0.15) is 5.78 Å². The Morgan fingerprint density at radius 1 is 0.921 bits per heavy atom. The number of nitrogens with zero attached hydrogens (tertiary/aromatic N) is 2. The number of nitriles is 1. The molecule has 0 spiro atoms. The van der Waals surface area contributed by atoms with Gasteiger partial charge in [-0.25, -0.2) is 0 Å². The second kappa shape index (κ2) is 8.05. The minimum Gasteiger partial charge on any atom is -0.348 e. The number of amides is 1. The maximum Gasteiger partial charge on any atom is 0.228 e. The van der Waals surface area contributed by atoms with E-state index in [2.05, 4.69) is 60.6 Å². The molecule has 1 amide bonds. The Morgan fingerprint density at radius 3 is 2.16 bits per heavy atom. The van der Waals surface area contributed by atoms with E-state index in [-0.39, 0.29) is 68.7 Å². The maximum absolute atomic E-state index is 14.6. The summed E-state index contributed by atoms with van der Waals surface area (Å²) in [5.74, 6) is -0.0105. The Morgan fingerprint density at radius 2 is 1.55 bits per heavy atom. The first-order valence-electron chi connectivity index (χ1n) is 14.8. The molecule has 0 N–H and O–H groups in total. The zero-order valence-corrected chi connectivity index (χ0v) is 25.1. The fourth-order valence-corrected chi connectivity index (χ4v) is 11.1. The molecule has 38 heavy (non-hydrogen) atoms. The second-order valence-corrected chi connectivity index (χ2v) is 15.9. The number of ketones is 2. The fourth-order valence-electron chi connectivity index (χ4n) is 11.1. The summed E-state index contributed by atoms with van der Waals surface area (Å²) >= 11 is 0. The zero-order valence-electron chi connectivity index (χ0n) is 25.1. The summed E-state index contributed by atoms with van der Waals surface area (Å²) in [6.45, 7) is 15.5. The first-order valence-corrected chi connectivity index (χ1v) is 14.8. The molecule has 5 heteroatoms. The van der Waals surface area contributed by atoms with Crippen molar-refractivity contribution >= 4 is 17.5 Å². The summed E-state index contributed by atoms with van der Waals surface area (Å²) in [4.78, 5) is 43.2. The third kappa shape index (κ3) is 3.13. The van der Waals surface area contributed by atoms with E-state index in [4.69, 9.17) is 0 Å². The van der Waals surface area contributed by atoms with Gasteiger partial charge in [0.05, 0.1) is 17.4 Å². The monoisotopic (exact) mass is 520 g/mol. The minimum absolute atomic E-state index is 0.103. The van der Waals surface area contributed by atoms with Gasteiger partial charge in [-0.1, -0.05) is 54.5 Å². The molecule has 0 heterocycles. The van der Waals surface area contributed by atoms with Gasteiger partial charge in [0.25, 0.3) is 0 Å². The highest BCUT2D eigenvalue weighted by atomic mass is 16.2. The number of fused-ring (bicyclic) bond motifs is 7. The van der Waals surface area contributed by atoms with Crippen LogP contribution in [0.2, 0.25) is 0 Å². The highest BCUT2D eigenvalue weighted by Gasteiger charge is 2.74. The number of carbonyl (C=O) groups excluding carboxylic acids is 3. The van der Waals surface area contributed by atoms with Gasteiger partial charge in [0.2, 0.25) is 5.91 Å². The van der Waals surface area contributed by atoms with Crippen molar-refractivity contribution < 1.29 is 14.4 Å². The van der Waals surface area contributed by atoms with Crippen molar-refractivity contribution in [2.45, 2.75) is 93.4 Å². The molecule has 0 aromatic heterocycles. The van der Waals surface area contributed by atoms with Gasteiger partial charge >= 0.3 is 0 Å². The van der Waals surface area contributed by atoms with Crippen LogP contribution >= 0.6 is 0 Å². The number of carbonyl (C=O) groups is 3. The quantitative estimate of drug-likeness (QED) is 0.411. The molecule has 4 fully saturated rings. The lowest BCUT2D eigenvalue weighted by atomic mass is 9.31. The van der Waals surface area contributed by atoms with Crippen molar-refractivity contribution in [2.24, 2.45) is 62.1 Å². The first-order chi connectivity index (χ1) is 17.4. The van der Waals surface area contributed by atoms with Crippen LogP contribution in [0.1, 0.15) is 93.4 Å².